The number of anilines is 1. The van der Waals surface area contributed by atoms with E-state index in [1.54, 1.807) is 42.5 Å². The summed E-state index contributed by atoms with van der Waals surface area (Å²) in [4.78, 5) is 36.1. The summed E-state index contributed by atoms with van der Waals surface area (Å²) in [5, 5.41) is 9.04. The number of nitrogens with one attached hydrogen (secondary N) is 3. The average molecular weight is 491 g/mol. The zero-order valence-corrected chi connectivity index (χ0v) is 19.8. The molecule has 0 unspecified atom stereocenters. The maximum absolute atomic E-state index is 12.1. The van der Waals surface area contributed by atoms with Crippen molar-refractivity contribution in [1.82, 2.24) is 10.7 Å². The molecule has 3 rings (SSSR count). The highest BCUT2D eigenvalue weighted by molar-refractivity contribution is 6.39. The van der Waals surface area contributed by atoms with Gasteiger partial charge in [0.1, 0.15) is 5.75 Å². The predicted octanol–water partition coefficient (Wildman–Crippen LogP) is 2.49. The highest BCUT2D eigenvalue weighted by Gasteiger charge is 2.13. The maximum atomic E-state index is 12.1. The van der Waals surface area contributed by atoms with Crippen LogP contribution in [0.25, 0.3) is 0 Å². The van der Waals surface area contributed by atoms with Crippen LogP contribution < -0.4 is 30.3 Å². The van der Waals surface area contributed by atoms with Crippen molar-refractivity contribution in [3.63, 3.8) is 0 Å². The summed E-state index contributed by atoms with van der Waals surface area (Å²) in [6, 6.07) is 21.0. The van der Waals surface area contributed by atoms with E-state index in [4.69, 9.17) is 14.2 Å². The Hall–Kier alpha value is -4.86. The number of rotatable bonds is 10. The van der Waals surface area contributed by atoms with E-state index < -0.39 is 11.8 Å². The average Bonchev–Trinajstić information content (AvgIpc) is 2.91. The number of carbonyl (C=O) groups excluding carboxylic acids is 3. The number of hydrogen-bond donors (Lipinski definition) is 3. The van der Waals surface area contributed by atoms with Gasteiger partial charge in [-0.15, -0.1) is 0 Å². The molecule has 10 heteroatoms. The second-order valence-corrected chi connectivity index (χ2v) is 7.35. The number of hydrazone groups is 1. The smallest absolute Gasteiger partial charge is 0.329 e. The van der Waals surface area contributed by atoms with Gasteiger partial charge in [0.15, 0.2) is 18.1 Å². The van der Waals surface area contributed by atoms with E-state index in [1.165, 1.54) is 20.4 Å². The molecule has 0 fully saturated rings. The third-order valence-corrected chi connectivity index (χ3v) is 4.79. The van der Waals surface area contributed by atoms with Crippen molar-refractivity contribution >= 4 is 29.6 Å². The number of benzene rings is 3. The Balaban J connectivity index is 1.49. The number of ether oxygens (including phenoxy) is 3. The molecule has 0 heterocycles. The monoisotopic (exact) mass is 490 g/mol. The van der Waals surface area contributed by atoms with Crippen molar-refractivity contribution < 1.29 is 28.6 Å². The van der Waals surface area contributed by atoms with Crippen LogP contribution in [-0.4, -0.2) is 44.8 Å². The lowest BCUT2D eigenvalue weighted by Gasteiger charge is -2.11. The molecule has 0 saturated heterocycles. The van der Waals surface area contributed by atoms with Gasteiger partial charge in [-0.2, -0.15) is 5.10 Å². The molecule has 0 atom stereocenters. The summed E-state index contributed by atoms with van der Waals surface area (Å²) in [6.45, 7) is 0.216. The molecule has 0 aliphatic rings. The molecular formula is C26H26N4O6. The van der Waals surface area contributed by atoms with Gasteiger partial charge in [0.2, 0.25) is 0 Å². The second kappa shape index (κ2) is 13.1. The highest BCUT2D eigenvalue weighted by Crippen LogP contribution is 2.27. The van der Waals surface area contributed by atoms with Gasteiger partial charge in [0.25, 0.3) is 5.91 Å². The first kappa shape index (κ1) is 25.8. The maximum Gasteiger partial charge on any atom is 0.329 e. The predicted molar refractivity (Wildman–Crippen MR) is 134 cm³/mol. The van der Waals surface area contributed by atoms with Gasteiger partial charge in [-0.05, 0) is 41.5 Å². The first-order valence-electron chi connectivity index (χ1n) is 10.9. The van der Waals surface area contributed by atoms with Gasteiger partial charge < -0.3 is 24.8 Å². The largest absolute Gasteiger partial charge is 0.497 e. The Labute approximate surface area is 208 Å². The van der Waals surface area contributed by atoms with E-state index in [-0.39, 0.29) is 12.5 Å². The third-order valence-electron chi connectivity index (χ3n) is 4.79. The molecule has 3 amide bonds. The second-order valence-electron chi connectivity index (χ2n) is 7.35. The van der Waals surface area contributed by atoms with Crippen molar-refractivity contribution in [2.24, 2.45) is 5.10 Å². The molecule has 0 radical (unpaired) electrons. The molecule has 186 valence electrons. The van der Waals surface area contributed by atoms with Crippen molar-refractivity contribution in [2.75, 3.05) is 26.1 Å². The van der Waals surface area contributed by atoms with E-state index >= 15 is 0 Å². The molecule has 0 aromatic heterocycles. The van der Waals surface area contributed by atoms with Gasteiger partial charge in [-0.25, -0.2) is 5.43 Å². The van der Waals surface area contributed by atoms with Gasteiger partial charge in [-0.1, -0.05) is 36.4 Å². The molecule has 0 bridgehead atoms. The van der Waals surface area contributed by atoms with Crippen LogP contribution in [0, 0.1) is 0 Å². The Morgan fingerprint density at radius 1 is 0.861 bits per heavy atom. The van der Waals surface area contributed by atoms with Gasteiger partial charge in [0, 0.05) is 18.3 Å². The summed E-state index contributed by atoms with van der Waals surface area (Å²) in [7, 11) is 2.96. The molecular weight excluding hydrogens is 464 g/mol. The number of amides is 3. The van der Waals surface area contributed by atoms with Crippen LogP contribution in [0.3, 0.4) is 0 Å². The van der Waals surface area contributed by atoms with Crippen molar-refractivity contribution in [1.29, 1.82) is 0 Å². The zero-order chi connectivity index (χ0) is 25.8. The van der Waals surface area contributed by atoms with Gasteiger partial charge >= 0.3 is 11.8 Å². The van der Waals surface area contributed by atoms with Crippen LogP contribution in [-0.2, 0) is 20.9 Å². The number of carbonyl (C=O) groups is 3. The Morgan fingerprint density at radius 3 is 2.42 bits per heavy atom. The van der Waals surface area contributed by atoms with Crippen LogP contribution in [0.5, 0.6) is 17.2 Å². The summed E-state index contributed by atoms with van der Waals surface area (Å²) in [5.74, 6) is -0.820. The minimum atomic E-state index is -0.942. The molecule has 0 aliphatic carbocycles. The molecule has 36 heavy (non-hydrogen) atoms. The lowest BCUT2D eigenvalue weighted by molar-refractivity contribution is -0.136. The zero-order valence-electron chi connectivity index (χ0n) is 19.8. The van der Waals surface area contributed by atoms with Gasteiger partial charge in [-0.3, -0.25) is 14.4 Å². The third kappa shape index (κ3) is 7.87. The van der Waals surface area contributed by atoms with Crippen molar-refractivity contribution in [3.05, 3.63) is 83.9 Å². The van der Waals surface area contributed by atoms with Crippen LogP contribution in [0.4, 0.5) is 5.69 Å². The number of methoxy groups -OCH3 is 2. The molecule has 0 saturated carbocycles. The van der Waals surface area contributed by atoms with Crippen LogP contribution >= 0.6 is 0 Å². The molecule has 10 nitrogen and oxygen atoms in total. The van der Waals surface area contributed by atoms with Crippen LogP contribution in [0.15, 0.2) is 77.9 Å². The fourth-order valence-corrected chi connectivity index (χ4v) is 2.98. The summed E-state index contributed by atoms with van der Waals surface area (Å²) in [5.41, 5.74) is 4.13. The number of nitrogens with zero attached hydrogens (tertiary/aromatic N) is 1. The van der Waals surface area contributed by atoms with Crippen LogP contribution in [0.1, 0.15) is 11.1 Å². The summed E-state index contributed by atoms with van der Waals surface area (Å²) in [6.07, 6.45) is 1.34. The minimum Gasteiger partial charge on any atom is -0.497 e. The van der Waals surface area contributed by atoms with E-state index in [1.807, 2.05) is 30.3 Å². The topological polar surface area (TPSA) is 127 Å². The fourth-order valence-electron chi connectivity index (χ4n) is 2.98. The van der Waals surface area contributed by atoms with Crippen molar-refractivity contribution in [2.45, 2.75) is 6.54 Å². The molecule has 3 aromatic carbocycles. The first-order valence-corrected chi connectivity index (χ1v) is 10.9. The number of hydrogen-bond acceptors (Lipinski definition) is 7. The summed E-state index contributed by atoms with van der Waals surface area (Å²) < 4.78 is 16.0. The SMILES string of the molecule is COc1cccc(NC(=O)C(=O)N/N=C\c2ccc(OCC(=O)NCc3ccccc3)c(OC)c2)c1. The Bertz CT molecular complexity index is 1230. The molecule has 3 N–H and O–H groups in total. The van der Waals surface area contributed by atoms with E-state index in [0.29, 0.717) is 35.0 Å². The highest BCUT2D eigenvalue weighted by atomic mass is 16.5. The lowest BCUT2D eigenvalue weighted by atomic mass is 10.2. The Kier molecular flexibility index (Phi) is 9.40. The van der Waals surface area contributed by atoms with E-state index in [0.717, 1.165) is 5.56 Å². The molecule has 0 spiro atoms. The Morgan fingerprint density at radius 2 is 1.67 bits per heavy atom. The first-order chi connectivity index (χ1) is 17.5. The lowest BCUT2D eigenvalue weighted by Crippen LogP contribution is -2.32. The van der Waals surface area contributed by atoms with E-state index in [2.05, 4.69) is 21.2 Å². The normalized spacial score (nSPS) is 10.4. The van der Waals surface area contributed by atoms with E-state index in [9.17, 15) is 14.4 Å². The quantitative estimate of drug-likeness (QED) is 0.228. The minimum absolute atomic E-state index is 0.185. The van der Waals surface area contributed by atoms with Crippen LogP contribution in [0.2, 0.25) is 0 Å². The van der Waals surface area contributed by atoms with Crippen molar-refractivity contribution in [3.8, 4) is 17.2 Å². The fraction of sp³-hybridized carbons (Fsp3) is 0.154. The van der Waals surface area contributed by atoms with Gasteiger partial charge in [0.05, 0.1) is 20.4 Å². The molecule has 3 aromatic rings. The molecule has 0 aliphatic heterocycles. The summed E-state index contributed by atoms with van der Waals surface area (Å²) >= 11 is 0. The standard InChI is InChI=1S/C26H26N4O6/c1-34-21-10-6-9-20(14-21)29-25(32)26(33)30-28-16-19-11-12-22(23(13-19)35-2)36-17-24(31)27-15-18-7-4-3-5-8-18/h3-14,16H,15,17H2,1-2H3,(H,27,31)(H,29,32)(H,30,33)/b28-16-.